The fourth-order valence-electron chi connectivity index (χ4n) is 3.47. The Labute approximate surface area is 179 Å². The molecule has 0 aliphatic carbocycles. The number of hydrogen-bond acceptors (Lipinski definition) is 4. The number of Topliss-reactive ketones (excluding diaryl/α,β-unsaturated/α-hetero) is 1. The third-order valence-corrected chi connectivity index (χ3v) is 5.64. The van der Waals surface area contributed by atoms with Gasteiger partial charge < -0.3 is 14.7 Å². The second-order valence-electron chi connectivity index (χ2n) is 7.31. The number of aliphatic hydroxyl groups is 1. The summed E-state index contributed by atoms with van der Waals surface area (Å²) in [5, 5.41) is 11.0. The summed E-state index contributed by atoms with van der Waals surface area (Å²) >= 11 is 3.36. The highest BCUT2D eigenvalue weighted by Gasteiger charge is 2.45. The molecule has 6 heteroatoms. The predicted molar refractivity (Wildman–Crippen MR) is 116 cm³/mol. The first-order valence-corrected chi connectivity index (χ1v) is 10.3. The summed E-state index contributed by atoms with van der Waals surface area (Å²) in [5.74, 6) is -1.11. The monoisotopic (exact) mass is 457 g/mol. The molecule has 152 valence electrons. The molecule has 0 spiro atoms. The van der Waals surface area contributed by atoms with E-state index in [1.165, 1.54) is 4.90 Å². The molecule has 0 radical (unpaired) electrons. The van der Waals surface area contributed by atoms with Crippen LogP contribution >= 0.6 is 15.9 Å². The van der Waals surface area contributed by atoms with Gasteiger partial charge >= 0.3 is 0 Å². The highest BCUT2D eigenvalue weighted by Crippen LogP contribution is 2.39. The van der Waals surface area contributed by atoms with Crippen molar-refractivity contribution in [1.29, 1.82) is 0 Å². The van der Waals surface area contributed by atoms with E-state index in [4.69, 9.17) is 4.74 Å². The number of carbonyl (C=O) groups excluding carboxylic acids is 2. The quantitative estimate of drug-likeness (QED) is 0.389. The largest absolute Gasteiger partial charge is 0.507 e. The predicted octanol–water partition coefficient (Wildman–Crippen LogP) is 4.64. The zero-order valence-electron chi connectivity index (χ0n) is 16.7. The van der Waals surface area contributed by atoms with Crippen molar-refractivity contribution in [2.75, 3.05) is 20.3 Å². The van der Waals surface area contributed by atoms with E-state index in [0.717, 1.165) is 15.6 Å². The number of hydrogen-bond donors (Lipinski definition) is 1. The number of rotatable bonds is 6. The van der Waals surface area contributed by atoms with Crippen LogP contribution in [0.3, 0.4) is 0 Å². The second kappa shape index (κ2) is 8.93. The number of aliphatic hydroxyl groups excluding tert-OH is 1. The molecule has 1 aliphatic heterocycles. The molecule has 1 fully saturated rings. The van der Waals surface area contributed by atoms with Gasteiger partial charge in [-0.3, -0.25) is 9.59 Å². The molecule has 1 saturated heterocycles. The standard InChI is InChI=1S/C23H24BrNO4/c1-14(2)15-4-6-16(7-5-15)20-19(21(26)17-8-10-18(24)11-9-17)22(27)23(28)25(20)12-13-29-3/h4-11,14,20,26H,12-13H2,1-3H3/b21-19-. The minimum Gasteiger partial charge on any atom is -0.507 e. The Hall–Kier alpha value is -2.44. The molecule has 1 heterocycles. The van der Waals surface area contributed by atoms with Gasteiger partial charge in [0.05, 0.1) is 18.2 Å². The number of carbonyl (C=O) groups is 2. The van der Waals surface area contributed by atoms with Gasteiger partial charge in [0.25, 0.3) is 11.7 Å². The van der Waals surface area contributed by atoms with Gasteiger partial charge in [-0.2, -0.15) is 0 Å². The van der Waals surface area contributed by atoms with Crippen molar-refractivity contribution in [2.45, 2.75) is 25.8 Å². The van der Waals surface area contributed by atoms with Crippen molar-refractivity contribution >= 4 is 33.4 Å². The summed E-state index contributed by atoms with van der Waals surface area (Å²) < 4.78 is 5.98. The van der Waals surface area contributed by atoms with Crippen LogP contribution in [0.5, 0.6) is 0 Å². The third-order valence-electron chi connectivity index (χ3n) is 5.11. The Morgan fingerprint density at radius 1 is 1.10 bits per heavy atom. The molecule has 2 aromatic carbocycles. The first kappa shape index (κ1) is 21.3. The van der Waals surface area contributed by atoms with E-state index in [9.17, 15) is 14.7 Å². The minimum absolute atomic E-state index is 0.103. The minimum atomic E-state index is -0.681. The van der Waals surface area contributed by atoms with Crippen LogP contribution in [0, 0.1) is 0 Å². The van der Waals surface area contributed by atoms with Gasteiger partial charge in [-0.25, -0.2) is 0 Å². The van der Waals surface area contributed by atoms with Crippen molar-refractivity contribution in [1.82, 2.24) is 4.90 Å². The molecule has 5 nitrogen and oxygen atoms in total. The molecule has 1 atom stereocenters. The van der Waals surface area contributed by atoms with Crippen molar-refractivity contribution in [2.24, 2.45) is 0 Å². The molecule has 1 unspecified atom stereocenters. The van der Waals surface area contributed by atoms with E-state index in [0.29, 0.717) is 18.1 Å². The molecule has 1 N–H and O–H groups in total. The van der Waals surface area contributed by atoms with Crippen LogP contribution in [0.25, 0.3) is 5.76 Å². The third kappa shape index (κ3) is 4.28. The van der Waals surface area contributed by atoms with Crippen molar-refractivity contribution in [3.05, 3.63) is 75.3 Å². The van der Waals surface area contributed by atoms with Crippen molar-refractivity contribution < 1.29 is 19.4 Å². The van der Waals surface area contributed by atoms with E-state index < -0.39 is 17.7 Å². The number of benzene rings is 2. The number of halogens is 1. The number of ether oxygens (including phenoxy) is 1. The van der Waals surface area contributed by atoms with Gasteiger partial charge in [0.15, 0.2) is 0 Å². The second-order valence-corrected chi connectivity index (χ2v) is 8.23. The van der Waals surface area contributed by atoms with E-state index >= 15 is 0 Å². The molecular formula is C23H24BrNO4. The lowest BCUT2D eigenvalue weighted by atomic mass is 9.93. The van der Waals surface area contributed by atoms with Crippen LogP contribution in [0.2, 0.25) is 0 Å². The first-order valence-electron chi connectivity index (χ1n) is 9.48. The van der Waals surface area contributed by atoms with E-state index in [1.54, 1.807) is 31.4 Å². The molecule has 3 rings (SSSR count). The number of ketones is 1. The average Bonchev–Trinajstić information content (AvgIpc) is 2.97. The lowest BCUT2D eigenvalue weighted by Gasteiger charge is -2.25. The Morgan fingerprint density at radius 2 is 1.72 bits per heavy atom. The lowest BCUT2D eigenvalue weighted by Crippen LogP contribution is -2.32. The fourth-order valence-corrected chi connectivity index (χ4v) is 3.74. The van der Waals surface area contributed by atoms with Gasteiger partial charge in [0.1, 0.15) is 5.76 Å². The van der Waals surface area contributed by atoms with E-state index in [2.05, 4.69) is 29.8 Å². The molecule has 0 saturated carbocycles. The smallest absolute Gasteiger partial charge is 0.295 e. The van der Waals surface area contributed by atoms with Crippen LogP contribution < -0.4 is 0 Å². The summed E-state index contributed by atoms with van der Waals surface area (Å²) in [6, 6.07) is 14.1. The average molecular weight is 458 g/mol. The summed E-state index contributed by atoms with van der Waals surface area (Å²) in [4.78, 5) is 27.1. The summed E-state index contributed by atoms with van der Waals surface area (Å²) in [7, 11) is 1.55. The fraction of sp³-hybridized carbons (Fsp3) is 0.304. The summed E-state index contributed by atoms with van der Waals surface area (Å²) in [5.41, 5.74) is 2.53. The van der Waals surface area contributed by atoms with Crippen LogP contribution in [-0.4, -0.2) is 42.0 Å². The van der Waals surface area contributed by atoms with Gasteiger partial charge in [-0.1, -0.05) is 66.2 Å². The summed E-state index contributed by atoms with van der Waals surface area (Å²) in [6.45, 7) is 4.77. The first-order chi connectivity index (χ1) is 13.8. The Balaban J connectivity index is 2.13. The lowest BCUT2D eigenvalue weighted by molar-refractivity contribution is -0.140. The maximum atomic E-state index is 12.9. The van der Waals surface area contributed by atoms with Crippen LogP contribution in [-0.2, 0) is 14.3 Å². The van der Waals surface area contributed by atoms with Crippen LogP contribution in [0.1, 0.15) is 42.5 Å². The van der Waals surface area contributed by atoms with E-state index in [1.807, 2.05) is 24.3 Å². The molecule has 29 heavy (non-hydrogen) atoms. The maximum absolute atomic E-state index is 12.9. The number of nitrogens with zero attached hydrogens (tertiary/aromatic N) is 1. The molecule has 1 amide bonds. The van der Waals surface area contributed by atoms with Gasteiger partial charge in [-0.05, 0) is 29.2 Å². The van der Waals surface area contributed by atoms with Gasteiger partial charge in [0.2, 0.25) is 0 Å². The van der Waals surface area contributed by atoms with Crippen molar-refractivity contribution in [3.63, 3.8) is 0 Å². The molecule has 1 aliphatic rings. The van der Waals surface area contributed by atoms with Crippen molar-refractivity contribution in [3.8, 4) is 0 Å². The SMILES string of the molecule is COCCN1C(=O)C(=O)/C(=C(\O)c2ccc(Br)cc2)C1c1ccc(C(C)C)cc1. The molecular weight excluding hydrogens is 434 g/mol. The molecule has 2 aromatic rings. The highest BCUT2D eigenvalue weighted by atomic mass is 79.9. The normalized spacial score (nSPS) is 18.7. The zero-order chi connectivity index (χ0) is 21.1. The summed E-state index contributed by atoms with van der Waals surface area (Å²) in [6.07, 6.45) is 0. The zero-order valence-corrected chi connectivity index (χ0v) is 18.3. The van der Waals surface area contributed by atoms with E-state index in [-0.39, 0.29) is 17.9 Å². The Bertz CT molecular complexity index is 932. The highest BCUT2D eigenvalue weighted by molar-refractivity contribution is 9.10. The van der Waals surface area contributed by atoms with Gasteiger partial charge in [0, 0.05) is 23.7 Å². The van der Waals surface area contributed by atoms with Crippen LogP contribution in [0.4, 0.5) is 0 Å². The Kier molecular flexibility index (Phi) is 6.55. The van der Waals surface area contributed by atoms with Crippen LogP contribution in [0.15, 0.2) is 58.6 Å². The van der Waals surface area contributed by atoms with Gasteiger partial charge in [-0.15, -0.1) is 0 Å². The topological polar surface area (TPSA) is 66.8 Å². The molecule has 0 bridgehead atoms. The maximum Gasteiger partial charge on any atom is 0.295 e. The number of likely N-dealkylation sites (tertiary alicyclic amines) is 1. The number of methoxy groups -OCH3 is 1. The molecule has 0 aromatic heterocycles. The Morgan fingerprint density at radius 3 is 2.28 bits per heavy atom. The number of amides is 1.